The first-order valence-corrected chi connectivity index (χ1v) is 10.1. The Morgan fingerprint density at radius 2 is 2.04 bits per heavy atom. The van der Waals surface area contributed by atoms with E-state index < -0.39 is 11.1 Å². The summed E-state index contributed by atoms with van der Waals surface area (Å²) in [5.41, 5.74) is 6.98. The fourth-order valence-corrected chi connectivity index (χ4v) is 4.15. The van der Waals surface area contributed by atoms with Crippen LogP contribution in [0.25, 0.3) is 21.5 Å². The lowest BCUT2D eigenvalue weighted by Crippen LogP contribution is -1.97. The van der Waals surface area contributed by atoms with Gasteiger partial charge in [0, 0.05) is 18.8 Å². The van der Waals surface area contributed by atoms with E-state index in [2.05, 4.69) is 28.2 Å². The molecular formula is C19H17N3O2S2. The molecule has 0 bridgehead atoms. The van der Waals surface area contributed by atoms with Crippen molar-refractivity contribution in [2.45, 2.75) is 17.7 Å². The van der Waals surface area contributed by atoms with Gasteiger partial charge in [-0.15, -0.1) is 11.3 Å². The number of aryl methyl sites for hydroxylation is 3. The minimum absolute atomic E-state index is 0.389. The molecule has 0 amide bonds. The van der Waals surface area contributed by atoms with Gasteiger partial charge in [0.2, 0.25) is 0 Å². The molecule has 2 heterocycles. The number of benzene rings is 2. The summed E-state index contributed by atoms with van der Waals surface area (Å²) in [4.78, 5) is 9.12. The first-order chi connectivity index (χ1) is 12.6. The number of rotatable bonds is 5. The second kappa shape index (κ2) is 7.11. The molecule has 0 radical (unpaired) electrons. The van der Waals surface area contributed by atoms with E-state index in [1.165, 1.54) is 10.3 Å². The highest BCUT2D eigenvalue weighted by atomic mass is 32.2. The Morgan fingerprint density at radius 3 is 2.81 bits per heavy atom. The normalized spacial score (nSPS) is 12.5. The van der Waals surface area contributed by atoms with E-state index in [-0.39, 0.29) is 0 Å². The molecule has 0 aliphatic heterocycles. The van der Waals surface area contributed by atoms with Gasteiger partial charge < -0.3 is 9.12 Å². The van der Waals surface area contributed by atoms with Crippen LogP contribution in [0.2, 0.25) is 0 Å². The summed E-state index contributed by atoms with van der Waals surface area (Å²) in [5, 5.41) is 0. The van der Waals surface area contributed by atoms with Gasteiger partial charge in [0.15, 0.2) is 11.1 Å². The monoisotopic (exact) mass is 383 g/mol. The van der Waals surface area contributed by atoms with Crippen molar-refractivity contribution in [1.29, 1.82) is 0 Å². The highest BCUT2D eigenvalue weighted by Crippen LogP contribution is 2.27. The van der Waals surface area contributed by atoms with Gasteiger partial charge in [0.1, 0.15) is 0 Å². The van der Waals surface area contributed by atoms with Gasteiger partial charge in [0.05, 0.1) is 32.6 Å². The molecule has 7 heteroatoms. The summed E-state index contributed by atoms with van der Waals surface area (Å²) in [6.07, 6.45) is 5.37. The zero-order valence-corrected chi connectivity index (χ0v) is 15.8. The van der Waals surface area contributed by atoms with Crippen LogP contribution in [0.4, 0.5) is 0 Å². The van der Waals surface area contributed by atoms with E-state index in [0.29, 0.717) is 4.90 Å². The van der Waals surface area contributed by atoms with Crippen molar-refractivity contribution in [2.75, 3.05) is 0 Å². The van der Waals surface area contributed by atoms with Crippen LogP contribution in [0, 0.1) is 0 Å². The van der Waals surface area contributed by atoms with Gasteiger partial charge in [-0.25, -0.2) is 14.2 Å². The molecule has 2 aromatic heterocycles. The molecule has 2 aromatic carbocycles. The third-order valence-corrected chi connectivity index (χ3v) is 5.79. The third-order valence-electron chi connectivity index (χ3n) is 4.34. The van der Waals surface area contributed by atoms with Crippen molar-refractivity contribution < 1.29 is 8.76 Å². The van der Waals surface area contributed by atoms with Gasteiger partial charge >= 0.3 is 0 Å². The van der Waals surface area contributed by atoms with E-state index in [4.69, 9.17) is 0 Å². The minimum atomic E-state index is -2.01. The zero-order valence-electron chi connectivity index (χ0n) is 14.1. The molecule has 0 aliphatic rings. The summed E-state index contributed by atoms with van der Waals surface area (Å²) in [6.45, 7) is 0. The van der Waals surface area contributed by atoms with Crippen LogP contribution in [-0.2, 0) is 31.0 Å². The van der Waals surface area contributed by atoms with E-state index in [0.717, 1.165) is 35.2 Å². The first kappa shape index (κ1) is 17.1. The van der Waals surface area contributed by atoms with Crippen LogP contribution in [0.3, 0.4) is 0 Å². The summed E-state index contributed by atoms with van der Waals surface area (Å²) in [5.74, 6) is 0. The average Bonchev–Trinajstić information content (AvgIpc) is 3.28. The van der Waals surface area contributed by atoms with Crippen molar-refractivity contribution in [3.63, 3.8) is 0 Å². The molecule has 4 rings (SSSR count). The van der Waals surface area contributed by atoms with Gasteiger partial charge in [-0.2, -0.15) is 0 Å². The molecule has 1 N–H and O–H groups in total. The van der Waals surface area contributed by atoms with E-state index in [1.54, 1.807) is 29.8 Å². The second-order valence-corrected chi connectivity index (χ2v) is 8.00. The molecule has 1 atom stereocenters. The standard InChI is InChI=1S/C19H17N3O2S2/c1-22-10-18(20-11-22)16-9-15(26(23)24)6-5-14(16)4-2-13-3-7-17-19(8-13)25-12-21-17/h3,5-12H,2,4H2,1H3,(H,23,24). The maximum atomic E-state index is 11.5. The Balaban J connectivity index is 1.65. The van der Waals surface area contributed by atoms with E-state index in [9.17, 15) is 8.76 Å². The lowest BCUT2D eigenvalue weighted by atomic mass is 9.98. The first-order valence-electron chi connectivity index (χ1n) is 8.14. The summed E-state index contributed by atoms with van der Waals surface area (Å²) in [6, 6.07) is 11.8. The largest absolute Gasteiger partial charge is 0.340 e. The van der Waals surface area contributed by atoms with E-state index >= 15 is 0 Å². The smallest absolute Gasteiger partial charge is 0.186 e. The third kappa shape index (κ3) is 3.46. The number of hydrogen-bond acceptors (Lipinski definition) is 4. The fourth-order valence-electron chi connectivity index (χ4n) is 3.01. The van der Waals surface area contributed by atoms with Crippen molar-refractivity contribution in [3.8, 4) is 11.3 Å². The quantitative estimate of drug-likeness (QED) is 0.528. The predicted octanol–water partition coefficient (Wildman–Crippen LogP) is 4.06. The molecular weight excluding hydrogens is 366 g/mol. The van der Waals surface area contributed by atoms with Crippen molar-refractivity contribution >= 4 is 32.6 Å². The van der Waals surface area contributed by atoms with Gasteiger partial charge in [-0.05, 0) is 48.2 Å². The Morgan fingerprint density at radius 1 is 1.15 bits per heavy atom. The van der Waals surface area contributed by atoms with Crippen molar-refractivity contribution in [1.82, 2.24) is 14.5 Å². The number of hydrogen-bond donors (Lipinski definition) is 1. The highest BCUT2D eigenvalue weighted by molar-refractivity contribution is 7.79. The fraction of sp³-hybridized carbons (Fsp3) is 0.158. The molecule has 0 fully saturated rings. The topological polar surface area (TPSA) is 68.0 Å². The lowest BCUT2D eigenvalue weighted by Gasteiger charge is -2.09. The Labute approximate surface area is 157 Å². The minimum Gasteiger partial charge on any atom is -0.340 e. The molecule has 132 valence electrons. The zero-order chi connectivity index (χ0) is 18.1. The van der Waals surface area contributed by atoms with Gasteiger partial charge in [0.25, 0.3) is 0 Å². The van der Waals surface area contributed by atoms with Crippen LogP contribution >= 0.6 is 11.3 Å². The summed E-state index contributed by atoms with van der Waals surface area (Å²) < 4.78 is 23.9. The number of fused-ring (bicyclic) bond motifs is 1. The van der Waals surface area contributed by atoms with Crippen LogP contribution in [0.1, 0.15) is 11.1 Å². The molecule has 0 aliphatic carbocycles. The number of nitrogens with zero attached hydrogens (tertiary/aromatic N) is 3. The number of imidazole rings is 1. The average molecular weight is 383 g/mol. The summed E-state index contributed by atoms with van der Waals surface area (Å²) >= 11 is -0.360. The van der Waals surface area contributed by atoms with Crippen molar-refractivity contribution in [2.24, 2.45) is 7.05 Å². The Bertz CT molecular complexity index is 1100. The number of aromatic nitrogens is 3. The molecule has 0 saturated carbocycles. The molecule has 0 saturated heterocycles. The predicted molar refractivity (Wildman–Crippen MR) is 105 cm³/mol. The van der Waals surface area contributed by atoms with Gasteiger partial charge in [-0.1, -0.05) is 12.1 Å². The highest BCUT2D eigenvalue weighted by Gasteiger charge is 2.12. The van der Waals surface area contributed by atoms with Gasteiger partial charge in [-0.3, -0.25) is 0 Å². The Kier molecular flexibility index (Phi) is 4.67. The maximum Gasteiger partial charge on any atom is 0.186 e. The van der Waals surface area contributed by atoms with Crippen LogP contribution in [0.15, 0.2) is 59.3 Å². The molecule has 4 aromatic rings. The molecule has 0 spiro atoms. The van der Waals surface area contributed by atoms with Crippen LogP contribution in [0.5, 0.6) is 0 Å². The Hall–Kier alpha value is -2.35. The number of thiazole rings is 1. The molecule has 26 heavy (non-hydrogen) atoms. The van der Waals surface area contributed by atoms with Crippen molar-refractivity contribution in [3.05, 3.63) is 65.6 Å². The second-order valence-electron chi connectivity index (χ2n) is 6.15. The van der Waals surface area contributed by atoms with E-state index in [1.807, 2.05) is 29.4 Å². The molecule has 5 nitrogen and oxygen atoms in total. The maximum absolute atomic E-state index is 11.5. The molecule has 1 unspecified atom stereocenters. The van der Waals surface area contributed by atoms with Crippen LogP contribution in [-0.4, -0.2) is 23.3 Å². The SMILES string of the molecule is Cn1cnc(-c2cc(S(=O)O)ccc2CCc2ccc3ncsc3c2)c1. The lowest BCUT2D eigenvalue weighted by molar-refractivity contribution is 0.564. The van der Waals surface area contributed by atoms with Crippen LogP contribution < -0.4 is 0 Å². The summed E-state index contributed by atoms with van der Waals surface area (Å²) in [7, 11) is 1.91.